The third-order valence-electron chi connectivity index (χ3n) is 6.02. The molecule has 2 N–H and O–H groups in total. The van der Waals surface area contributed by atoms with Gasteiger partial charge in [-0.25, -0.2) is 0 Å². The third kappa shape index (κ3) is 5.16. The number of ether oxygens (including phenoxy) is 1. The van der Waals surface area contributed by atoms with Gasteiger partial charge in [-0.15, -0.1) is 0 Å². The fourth-order valence-electron chi connectivity index (χ4n) is 4.30. The van der Waals surface area contributed by atoms with E-state index in [0.29, 0.717) is 5.92 Å². The Kier molecular flexibility index (Phi) is 6.61. The van der Waals surface area contributed by atoms with Gasteiger partial charge < -0.3 is 15.4 Å². The second-order valence-corrected chi connectivity index (χ2v) is 8.59. The smallest absolute Gasteiger partial charge is 0.119 e. The number of hydrogen-bond donors (Lipinski definition) is 1. The van der Waals surface area contributed by atoms with Crippen molar-refractivity contribution < 1.29 is 4.74 Å². The predicted molar refractivity (Wildman–Crippen MR) is 125 cm³/mol. The fraction of sp³-hybridized carbons (Fsp3) is 0.308. The number of nitrogens with two attached hydrogens (primary N) is 1. The summed E-state index contributed by atoms with van der Waals surface area (Å²) in [6, 6.07) is 24.6. The number of rotatable bonds is 6. The molecule has 1 heterocycles. The maximum atomic E-state index is 6.46. The highest BCUT2D eigenvalue weighted by atomic mass is 35.5. The van der Waals surface area contributed by atoms with Crippen molar-refractivity contribution in [2.75, 3.05) is 25.4 Å². The first-order valence-electron chi connectivity index (χ1n) is 10.6. The lowest BCUT2D eigenvalue weighted by atomic mass is 9.85. The molecule has 4 rings (SSSR count). The molecule has 1 aliphatic heterocycles. The summed E-state index contributed by atoms with van der Waals surface area (Å²) in [6.45, 7) is 5.27. The molecule has 156 valence electrons. The van der Waals surface area contributed by atoms with Gasteiger partial charge in [0.2, 0.25) is 0 Å². The van der Waals surface area contributed by atoms with Crippen molar-refractivity contribution in [3.63, 3.8) is 0 Å². The van der Waals surface area contributed by atoms with E-state index in [-0.39, 0.29) is 6.10 Å². The first-order chi connectivity index (χ1) is 14.6. The van der Waals surface area contributed by atoms with Crippen LogP contribution in [0.15, 0.2) is 72.8 Å². The van der Waals surface area contributed by atoms with Gasteiger partial charge in [0.15, 0.2) is 0 Å². The minimum atomic E-state index is 0.153. The van der Waals surface area contributed by atoms with Crippen LogP contribution in [0.4, 0.5) is 5.69 Å². The number of benzene rings is 3. The standard InChI is InChI=1S/C26H29ClN2O/c1-19-4-2-3-5-24(19)25-18-29(16-14-20-6-10-22(28)11-7-20)17-15-26(25)30-23-12-8-21(27)9-13-23/h2-13,25-26H,14-18,28H2,1H3/t25-,26-/m0/s1. The molecular weight excluding hydrogens is 392 g/mol. The van der Waals surface area contributed by atoms with Gasteiger partial charge >= 0.3 is 0 Å². The summed E-state index contributed by atoms with van der Waals surface area (Å²) in [4.78, 5) is 2.56. The van der Waals surface area contributed by atoms with Crippen molar-refractivity contribution in [3.8, 4) is 5.75 Å². The van der Waals surface area contributed by atoms with Gasteiger partial charge in [-0.05, 0) is 72.9 Å². The Bertz CT molecular complexity index is 956. The van der Waals surface area contributed by atoms with Crippen molar-refractivity contribution in [3.05, 3.63) is 94.5 Å². The number of nitrogen functional groups attached to an aromatic ring is 1. The molecular formula is C26H29ClN2O. The normalized spacial score (nSPS) is 19.5. The summed E-state index contributed by atoms with van der Waals surface area (Å²) >= 11 is 6.04. The van der Waals surface area contributed by atoms with E-state index in [9.17, 15) is 0 Å². The van der Waals surface area contributed by atoms with E-state index in [0.717, 1.165) is 48.9 Å². The maximum Gasteiger partial charge on any atom is 0.119 e. The number of halogens is 1. The maximum absolute atomic E-state index is 6.46. The molecule has 3 nitrogen and oxygen atoms in total. The summed E-state index contributed by atoms with van der Waals surface area (Å²) in [5.74, 6) is 1.22. The number of aryl methyl sites for hydroxylation is 1. The molecule has 1 fully saturated rings. The second kappa shape index (κ2) is 9.55. The van der Waals surface area contributed by atoms with Crippen LogP contribution in [0.2, 0.25) is 5.02 Å². The van der Waals surface area contributed by atoms with Crippen molar-refractivity contribution in [1.29, 1.82) is 0 Å². The number of nitrogens with zero attached hydrogens (tertiary/aromatic N) is 1. The van der Waals surface area contributed by atoms with E-state index in [1.807, 2.05) is 36.4 Å². The largest absolute Gasteiger partial charge is 0.490 e. The second-order valence-electron chi connectivity index (χ2n) is 8.15. The minimum absolute atomic E-state index is 0.153. The Hall–Kier alpha value is -2.49. The first kappa shape index (κ1) is 20.8. The van der Waals surface area contributed by atoms with E-state index >= 15 is 0 Å². The van der Waals surface area contributed by atoms with Crippen molar-refractivity contribution in [1.82, 2.24) is 4.90 Å². The zero-order valence-electron chi connectivity index (χ0n) is 17.4. The predicted octanol–water partition coefficient (Wildman–Crippen LogP) is 5.71. The van der Waals surface area contributed by atoms with Crippen LogP contribution in [0.5, 0.6) is 5.75 Å². The Morgan fingerprint density at radius 3 is 2.47 bits per heavy atom. The SMILES string of the molecule is Cc1ccccc1[C@@H]1CN(CCc2ccc(N)cc2)CC[C@@H]1Oc1ccc(Cl)cc1. The molecule has 1 aliphatic rings. The van der Waals surface area contributed by atoms with Crippen molar-refractivity contribution >= 4 is 17.3 Å². The van der Waals surface area contributed by atoms with Crippen LogP contribution < -0.4 is 10.5 Å². The lowest BCUT2D eigenvalue weighted by Crippen LogP contribution is -2.45. The lowest BCUT2D eigenvalue weighted by molar-refractivity contribution is 0.0781. The first-order valence-corrected chi connectivity index (χ1v) is 11.0. The molecule has 0 aromatic heterocycles. The molecule has 0 spiro atoms. The van der Waals surface area contributed by atoms with Crippen LogP contribution >= 0.6 is 11.6 Å². The number of piperidine rings is 1. The summed E-state index contributed by atoms with van der Waals surface area (Å²) < 4.78 is 6.46. The highest BCUT2D eigenvalue weighted by Gasteiger charge is 2.32. The van der Waals surface area contributed by atoms with Crippen LogP contribution in [0.25, 0.3) is 0 Å². The van der Waals surface area contributed by atoms with Gasteiger partial charge in [0.05, 0.1) is 0 Å². The van der Waals surface area contributed by atoms with Gasteiger partial charge in [-0.3, -0.25) is 0 Å². The summed E-state index contributed by atoms with van der Waals surface area (Å²) in [5, 5.41) is 0.732. The molecule has 3 aromatic rings. The van der Waals surface area contributed by atoms with E-state index < -0.39 is 0 Å². The monoisotopic (exact) mass is 420 g/mol. The quantitative estimate of drug-likeness (QED) is 0.519. The average molecular weight is 421 g/mol. The van der Waals surface area contributed by atoms with Crippen molar-refractivity contribution in [2.45, 2.75) is 31.8 Å². The highest BCUT2D eigenvalue weighted by molar-refractivity contribution is 6.30. The van der Waals surface area contributed by atoms with E-state index in [2.05, 4.69) is 48.2 Å². The number of likely N-dealkylation sites (tertiary alicyclic amines) is 1. The Balaban J connectivity index is 1.48. The Morgan fingerprint density at radius 1 is 1.00 bits per heavy atom. The van der Waals surface area contributed by atoms with Crippen LogP contribution in [-0.4, -0.2) is 30.6 Å². The zero-order valence-corrected chi connectivity index (χ0v) is 18.2. The van der Waals surface area contributed by atoms with Gasteiger partial charge in [-0.1, -0.05) is 48.0 Å². The van der Waals surface area contributed by atoms with Gasteiger partial charge in [0.25, 0.3) is 0 Å². The highest BCUT2D eigenvalue weighted by Crippen LogP contribution is 2.33. The third-order valence-corrected chi connectivity index (χ3v) is 6.27. The van der Waals surface area contributed by atoms with Crippen LogP contribution in [-0.2, 0) is 6.42 Å². The summed E-state index contributed by atoms with van der Waals surface area (Å²) in [7, 11) is 0. The summed E-state index contributed by atoms with van der Waals surface area (Å²) in [5.41, 5.74) is 10.7. The van der Waals surface area contributed by atoms with Crippen molar-refractivity contribution in [2.24, 2.45) is 0 Å². The fourth-order valence-corrected chi connectivity index (χ4v) is 4.43. The van der Waals surface area contributed by atoms with Gasteiger partial charge in [0.1, 0.15) is 11.9 Å². The van der Waals surface area contributed by atoms with Crippen LogP contribution in [0, 0.1) is 6.92 Å². The molecule has 3 aromatic carbocycles. The molecule has 0 bridgehead atoms. The lowest BCUT2D eigenvalue weighted by Gasteiger charge is -2.39. The molecule has 30 heavy (non-hydrogen) atoms. The zero-order chi connectivity index (χ0) is 20.9. The van der Waals surface area contributed by atoms with Crippen LogP contribution in [0.3, 0.4) is 0 Å². The topological polar surface area (TPSA) is 38.5 Å². The molecule has 0 saturated carbocycles. The van der Waals surface area contributed by atoms with E-state index in [1.54, 1.807) is 0 Å². The Morgan fingerprint density at radius 2 is 1.73 bits per heavy atom. The van der Waals surface area contributed by atoms with E-state index in [1.165, 1.54) is 16.7 Å². The summed E-state index contributed by atoms with van der Waals surface area (Å²) in [6.07, 6.45) is 2.19. The van der Waals surface area contributed by atoms with E-state index in [4.69, 9.17) is 22.1 Å². The molecule has 2 atom stereocenters. The molecule has 0 amide bonds. The molecule has 4 heteroatoms. The van der Waals surface area contributed by atoms with Gasteiger partial charge in [0, 0.05) is 36.3 Å². The average Bonchev–Trinajstić information content (AvgIpc) is 2.76. The molecule has 0 aliphatic carbocycles. The van der Waals surface area contributed by atoms with Gasteiger partial charge in [-0.2, -0.15) is 0 Å². The molecule has 0 radical (unpaired) electrons. The number of hydrogen-bond acceptors (Lipinski definition) is 3. The number of anilines is 1. The van der Waals surface area contributed by atoms with Crippen LogP contribution in [0.1, 0.15) is 29.0 Å². The molecule has 1 saturated heterocycles. The molecule has 0 unspecified atom stereocenters. The Labute approximate surface area is 184 Å². The minimum Gasteiger partial charge on any atom is -0.490 e.